The molecule has 2 aromatic rings. The highest BCUT2D eigenvalue weighted by Gasteiger charge is 2.08. The molecule has 2 rings (SSSR count). The summed E-state index contributed by atoms with van der Waals surface area (Å²) in [6, 6.07) is 9.21. The van der Waals surface area contributed by atoms with Gasteiger partial charge in [0.1, 0.15) is 13.2 Å². The Kier molecular flexibility index (Phi) is 4.28. The molecule has 1 amide bonds. The molecule has 0 aliphatic carbocycles. The van der Waals surface area contributed by atoms with Gasteiger partial charge in [-0.15, -0.1) is 5.10 Å². The van der Waals surface area contributed by atoms with E-state index in [0.29, 0.717) is 0 Å². The first-order valence-corrected chi connectivity index (χ1v) is 5.73. The van der Waals surface area contributed by atoms with Crippen LogP contribution in [0.1, 0.15) is 5.56 Å². The average Bonchev–Trinajstić information content (AvgIpc) is 2.84. The molecule has 2 N–H and O–H groups in total. The van der Waals surface area contributed by atoms with Crippen LogP contribution >= 0.6 is 0 Å². The number of carboxylic acids is 1. The Morgan fingerprint density at radius 1 is 1.30 bits per heavy atom. The van der Waals surface area contributed by atoms with Crippen LogP contribution in [0.3, 0.4) is 0 Å². The van der Waals surface area contributed by atoms with Crippen LogP contribution in [0.25, 0.3) is 0 Å². The SMILES string of the molecule is O=C(O)Cn1cc(NC(=O)OCc2ccccc2)nn1. The van der Waals surface area contributed by atoms with E-state index in [1.54, 1.807) is 0 Å². The molecule has 0 bridgehead atoms. The minimum Gasteiger partial charge on any atom is -0.480 e. The van der Waals surface area contributed by atoms with Gasteiger partial charge in [-0.25, -0.2) is 9.48 Å². The summed E-state index contributed by atoms with van der Waals surface area (Å²) < 4.78 is 6.07. The van der Waals surface area contributed by atoms with Crippen LogP contribution in [0.4, 0.5) is 10.6 Å². The summed E-state index contributed by atoms with van der Waals surface area (Å²) in [5.74, 6) is -0.919. The average molecular weight is 276 g/mol. The van der Waals surface area contributed by atoms with Crippen LogP contribution in [0.5, 0.6) is 0 Å². The first-order valence-electron chi connectivity index (χ1n) is 5.73. The first kappa shape index (κ1) is 13.5. The number of anilines is 1. The normalized spacial score (nSPS) is 10.0. The van der Waals surface area contributed by atoms with Crippen LogP contribution in [-0.4, -0.2) is 32.2 Å². The monoisotopic (exact) mass is 276 g/mol. The van der Waals surface area contributed by atoms with Crippen molar-refractivity contribution in [1.82, 2.24) is 15.0 Å². The lowest BCUT2D eigenvalue weighted by Crippen LogP contribution is -2.13. The van der Waals surface area contributed by atoms with E-state index < -0.39 is 12.1 Å². The van der Waals surface area contributed by atoms with Gasteiger partial charge in [0.05, 0.1) is 6.20 Å². The minimum absolute atomic E-state index is 0.129. The van der Waals surface area contributed by atoms with Crippen molar-refractivity contribution in [2.75, 3.05) is 5.32 Å². The van der Waals surface area contributed by atoms with Gasteiger partial charge in [-0.05, 0) is 5.56 Å². The number of hydrogen-bond acceptors (Lipinski definition) is 5. The van der Waals surface area contributed by atoms with Crippen molar-refractivity contribution in [2.24, 2.45) is 0 Å². The van der Waals surface area contributed by atoms with E-state index in [1.807, 2.05) is 30.3 Å². The highest BCUT2D eigenvalue weighted by Crippen LogP contribution is 2.04. The van der Waals surface area contributed by atoms with Gasteiger partial charge in [-0.2, -0.15) is 0 Å². The van der Waals surface area contributed by atoms with Gasteiger partial charge >= 0.3 is 12.1 Å². The summed E-state index contributed by atoms with van der Waals surface area (Å²) in [5.41, 5.74) is 0.859. The summed E-state index contributed by atoms with van der Waals surface area (Å²) in [7, 11) is 0. The van der Waals surface area contributed by atoms with Crippen molar-refractivity contribution < 1.29 is 19.4 Å². The number of carbonyl (C=O) groups excluding carboxylic acids is 1. The molecule has 0 saturated heterocycles. The number of carbonyl (C=O) groups is 2. The maximum Gasteiger partial charge on any atom is 0.413 e. The number of rotatable bonds is 5. The molecule has 0 spiro atoms. The fourth-order valence-corrected chi connectivity index (χ4v) is 1.44. The van der Waals surface area contributed by atoms with Gasteiger partial charge in [-0.1, -0.05) is 35.5 Å². The molecule has 0 aliphatic heterocycles. The molecular weight excluding hydrogens is 264 g/mol. The molecule has 0 saturated carbocycles. The third-order valence-corrected chi connectivity index (χ3v) is 2.28. The van der Waals surface area contributed by atoms with E-state index >= 15 is 0 Å². The Labute approximate surface area is 114 Å². The number of amides is 1. The number of carboxylic acid groups (broad SMARTS) is 1. The lowest BCUT2D eigenvalue weighted by molar-refractivity contribution is -0.137. The molecule has 0 aliphatic rings. The second-order valence-electron chi connectivity index (χ2n) is 3.88. The standard InChI is InChI=1S/C12H12N4O4/c17-11(18)7-16-6-10(14-15-16)13-12(19)20-8-9-4-2-1-3-5-9/h1-6H,7-8H2,(H,13,19)(H,17,18). The molecule has 104 valence electrons. The fraction of sp³-hybridized carbons (Fsp3) is 0.167. The molecular formula is C12H12N4O4. The zero-order valence-corrected chi connectivity index (χ0v) is 10.4. The smallest absolute Gasteiger partial charge is 0.413 e. The van der Waals surface area contributed by atoms with Crippen LogP contribution in [0, 0.1) is 0 Å². The highest BCUT2D eigenvalue weighted by molar-refractivity contribution is 5.83. The predicted molar refractivity (Wildman–Crippen MR) is 67.9 cm³/mol. The number of aromatic nitrogens is 3. The number of aliphatic carboxylic acids is 1. The Balaban J connectivity index is 1.82. The highest BCUT2D eigenvalue weighted by atomic mass is 16.5. The van der Waals surface area contributed by atoms with E-state index in [4.69, 9.17) is 9.84 Å². The summed E-state index contributed by atoms with van der Waals surface area (Å²) in [5, 5.41) is 18.1. The Bertz CT molecular complexity index is 597. The minimum atomic E-state index is -1.05. The van der Waals surface area contributed by atoms with Crippen LogP contribution in [0.2, 0.25) is 0 Å². The van der Waals surface area contributed by atoms with E-state index in [0.717, 1.165) is 10.2 Å². The van der Waals surface area contributed by atoms with Crippen molar-refractivity contribution in [3.63, 3.8) is 0 Å². The van der Waals surface area contributed by atoms with Crippen LogP contribution in [-0.2, 0) is 22.7 Å². The van der Waals surface area contributed by atoms with E-state index in [-0.39, 0.29) is 19.0 Å². The molecule has 0 atom stereocenters. The van der Waals surface area contributed by atoms with Crippen molar-refractivity contribution in [2.45, 2.75) is 13.2 Å². The van der Waals surface area contributed by atoms with Gasteiger partial charge in [0.15, 0.2) is 5.82 Å². The zero-order valence-electron chi connectivity index (χ0n) is 10.4. The third kappa shape index (κ3) is 4.09. The number of nitrogens with zero attached hydrogens (tertiary/aromatic N) is 3. The number of hydrogen-bond donors (Lipinski definition) is 2. The Hall–Kier alpha value is -2.90. The van der Waals surface area contributed by atoms with Gasteiger partial charge in [0, 0.05) is 0 Å². The molecule has 8 heteroatoms. The molecule has 0 unspecified atom stereocenters. The first-order chi connectivity index (χ1) is 9.63. The number of nitrogens with one attached hydrogen (secondary N) is 1. The fourth-order valence-electron chi connectivity index (χ4n) is 1.44. The quantitative estimate of drug-likeness (QED) is 0.847. The molecule has 1 aromatic heterocycles. The Morgan fingerprint density at radius 3 is 2.75 bits per heavy atom. The maximum absolute atomic E-state index is 11.5. The number of benzene rings is 1. The van der Waals surface area contributed by atoms with E-state index in [2.05, 4.69) is 15.6 Å². The van der Waals surface area contributed by atoms with Gasteiger partial charge in [-0.3, -0.25) is 10.1 Å². The van der Waals surface area contributed by atoms with Crippen LogP contribution < -0.4 is 5.32 Å². The number of ether oxygens (including phenoxy) is 1. The molecule has 1 aromatic carbocycles. The maximum atomic E-state index is 11.5. The van der Waals surface area contributed by atoms with Gasteiger partial charge in [0.25, 0.3) is 0 Å². The summed E-state index contributed by atoms with van der Waals surface area (Å²) >= 11 is 0. The summed E-state index contributed by atoms with van der Waals surface area (Å²) in [6.45, 7) is -0.191. The van der Waals surface area contributed by atoms with Crippen molar-refractivity contribution in [3.05, 3.63) is 42.1 Å². The lowest BCUT2D eigenvalue weighted by atomic mass is 10.2. The van der Waals surface area contributed by atoms with Gasteiger partial charge in [0.2, 0.25) is 0 Å². The van der Waals surface area contributed by atoms with Crippen molar-refractivity contribution in [3.8, 4) is 0 Å². The van der Waals surface area contributed by atoms with Crippen molar-refractivity contribution in [1.29, 1.82) is 0 Å². The lowest BCUT2D eigenvalue weighted by Gasteiger charge is -2.04. The predicted octanol–water partition coefficient (Wildman–Crippen LogP) is 1.11. The molecule has 20 heavy (non-hydrogen) atoms. The summed E-state index contributed by atoms with van der Waals surface area (Å²) in [6.07, 6.45) is 0.619. The second kappa shape index (κ2) is 6.32. The molecule has 1 heterocycles. The summed E-state index contributed by atoms with van der Waals surface area (Å²) in [4.78, 5) is 21.9. The molecule has 8 nitrogen and oxygen atoms in total. The van der Waals surface area contributed by atoms with E-state index in [9.17, 15) is 9.59 Å². The van der Waals surface area contributed by atoms with Crippen LogP contribution in [0.15, 0.2) is 36.5 Å². The largest absolute Gasteiger partial charge is 0.480 e. The molecule has 0 radical (unpaired) electrons. The topological polar surface area (TPSA) is 106 Å². The Morgan fingerprint density at radius 2 is 2.05 bits per heavy atom. The third-order valence-electron chi connectivity index (χ3n) is 2.28. The van der Waals surface area contributed by atoms with Gasteiger partial charge < -0.3 is 9.84 Å². The second-order valence-corrected chi connectivity index (χ2v) is 3.88. The molecule has 0 fully saturated rings. The zero-order chi connectivity index (χ0) is 14.4. The van der Waals surface area contributed by atoms with E-state index in [1.165, 1.54) is 6.20 Å². The van der Waals surface area contributed by atoms with Crippen molar-refractivity contribution >= 4 is 17.9 Å².